The summed E-state index contributed by atoms with van der Waals surface area (Å²) in [6.45, 7) is 7.56. The van der Waals surface area contributed by atoms with E-state index < -0.39 is 15.6 Å². The lowest BCUT2D eigenvalue weighted by Gasteiger charge is -2.17. The highest BCUT2D eigenvalue weighted by Gasteiger charge is 2.36. The molecular formula is C16H17N7O2S. The van der Waals surface area contributed by atoms with E-state index in [4.69, 9.17) is 0 Å². The van der Waals surface area contributed by atoms with Gasteiger partial charge in [-0.05, 0) is 44.2 Å². The summed E-state index contributed by atoms with van der Waals surface area (Å²) in [4.78, 5) is 7.75. The first kappa shape index (κ1) is 17.7. The van der Waals surface area contributed by atoms with Crippen molar-refractivity contribution in [3.63, 3.8) is 0 Å². The van der Waals surface area contributed by atoms with Crippen molar-refractivity contribution in [1.29, 1.82) is 0 Å². The fourth-order valence-corrected chi connectivity index (χ4v) is 3.06. The number of nitrogens with zero attached hydrogens (tertiary/aromatic N) is 5. The van der Waals surface area contributed by atoms with Gasteiger partial charge < -0.3 is 0 Å². The molecule has 0 fully saturated rings. The molecule has 2 aromatic rings. The van der Waals surface area contributed by atoms with Crippen molar-refractivity contribution >= 4 is 27.4 Å². The summed E-state index contributed by atoms with van der Waals surface area (Å²) in [5.74, 6) is 0.00574. The third kappa shape index (κ3) is 3.45. The van der Waals surface area contributed by atoms with Crippen LogP contribution >= 0.6 is 0 Å². The summed E-state index contributed by atoms with van der Waals surface area (Å²) < 4.78 is 27.0. The average Bonchev–Trinajstić information content (AvgIpc) is 2.88. The molecule has 0 radical (unpaired) electrons. The first-order valence-electron chi connectivity index (χ1n) is 7.64. The van der Waals surface area contributed by atoms with Gasteiger partial charge in [0.2, 0.25) is 5.95 Å². The molecule has 0 spiro atoms. The highest BCUT2D eigenvalue weighted by molar-refractivity contribution is 7.92. The van der Waals surface area contributed by atoms with E-state index in [-0.39, 0.29) is 10.8 Å². The van der Waals surface area contributed by atoms with Crippen LogP contribution in [0.1, 0.15) is 13.8 Å². The molecule has 1 unspecified atom stereocenters. The lowest BCUT2D eigenvalue weighted by atomic mass is 9.96. The van der Waals surface area contributed by atoms with Crippen molar-refractivity contribution in [3.8, 4) is 0 Å². The van der Waals surface area contributed by atoms with Crippen LogP contribution in [0.4, 0.5) is 11.6 Å². The SMILES string of the molecule is C=C1NN=C(C)C1(C)/N=N/c1ccc(S(=O)(=O)Nc2ncccn2)cc1. The van der Waals surface area contributed by atoms with E-state index >= 15 is 0 Å². The second kappa shape index (κ2) is 6.64. The molecule has 1 atom stereocenters. The highest BCUT2D eigenvalue weighted by Crippen LogP contribution is 2.27. The van der Waals surface area contributed by atoms with Crippen LogP contribution in [0.15, 0.2) is 75.2 Å². The van der Waals surface area contributed by atoms with Gasteiger partial charge in [0.05, 0.1) is 22.0 Å². The number of anilines is 1. The third-order valence-electron chi connectivity index (χ3n) is 3.95. The van der Waals surface area contributed by atoms with Gasteiger partial charge in [-0.2, -0.15) is 15.3 Å². The Bertz CT molecular complexity index is 985. The lowest BCUT2D eigenvalue weighted by Crippen LogP contribution is -2.30. The van der Waals surface area contributed by atoms with Gasteiger partial charge in [-0.25, -0.2) is 23.1 Å². The number of hydrazone groups is 1. The van der Waals surface area contributed by atoms with Crippen LogP contribution in [0.3, 0.4) is 0 Å². The number of hydrogen-bond donors (Lipinski definition) is 2. The Kier molecular flexibility index (Phi) is 4.51. The highest BCUT2D eigenvalue weighted by atomic mass is 32.2. The summed E-state index contributed by atoms with van der Waals surface area (Å²) in [6.07, 6.45) is 2.90. The van der Waals surface area contributed by atoms with Gasteiger partial charge in [-0.1, -0.05) is 6.58 Å². The second-order valence-corrected chi connectivity index (χ2v) is 7.41. The molecule has 0 bridgehead atoms. The molecule has 9 nitrogen and oxygen atoms in total. The van der Waals surface area contributed by atoms with Crippen molar-refractivity contribution in [3.05, 3.63) is 55.0 Å². The molecule has 134 valence electrons. The molecular weight excluding hydrogens is 354 g/mol. The molecule has 1 aliphatic heterocycles. The molecule has 0 amide bonds. The van der Waals surface area contributed by atoms with Gasteiger partial charge in [-0.15, -0.1) is 0 Å². The van der Waals surface area contributed by atoms with Gasteiger partial charge in [-0.3, -0.25) is 5.43 Å². The van der Waals surface area contributed by atoms with E-state index in [0.717, 1.165) is 5.71 Å². The molecule has 26 heavy (non-hydrogen) atoms. The summed E-state index contributed by atoms with van der Waals surface area (Å²) in [7, 11) is -3.78. The second-order valence-electron chi connectivity index (χ2n) is 5.73. The number of rotatable bonds is 5. The minimum Gasteiger partial charge on any atom is -0.280 e. The topological polar surface area (TPSA) is 121 Å². The normalized spacial score (nSPS) is 20.1. The average molecular weight is 371 g/mol. The van der Waals surface area contributed by atoms with Crippen LogP contribution in [0.25, 0.3) is 0 Å². The van der Waals surface area contributed by atoms with Crippen LogP contribution in [0.2, 0.25) is 0 Å². The number of aromatic nitrogens is 2. The molecule has 3 rings (SSSR count). The summed E-state index contributed by atoms with van der Waals surface area (Å²) in [5.41, 5.74) is 3.95. The van der Waals surface area contributed by atoms with Gasteiger partial charge in [0.25, 0.3) is 10.0 Å². The lowest BCUT2D eigenvalue weighted by molar-refractivity contribution is 0.601. The molecule has 2 heterocycles. The molecule has 1 aliphatic rings. The van der Waals surface area contributed by atoms with Crippen molar-refractivity contribution in [2.24, 2.45) is 15.3 Å². The van der Waals surface area contributed by atoms with Crippen LogP contribution in [0.5, 0.6) is 0 Å². The predicted molar refractivity (Wildman–Crippen MR) is 97.6 cm³/mol. The first-order chi connectivity index (χ1) is 12.3. The predicted octanol–water partition coefficient (Wildman–Crippen LogP) is 2.61. The van der Waals surface area contributed by atoms with Crippen LogP contribution < -0.4 is 10.1 Å². The maximum absolute atomic E-state index is 12.3. The van der Waals surface area contributed by atoms with E-state index in [9.17, 15) is 8.42 Å². The van der Waals surface area contributed by atoms with E-state index in [1.807, 2.05) is 13.8 Å². The zero-order valence-corrected chi connectivity index (χ0v) is 15.0. The van der Waals surface area contributed by atoms with Crippen molar-refractivity contribution in [1.82, 2.24) is 15.4 Å². The Morgan fingerprint density at radius 1 is 1.19 bits per heavy atom. The van der Waals surface area contributed by atoms with Gasteiger partial charge in [0.15, 0.2) is 5.54 Å². The number of nitrogens with one attached hydrogen (secondary N) is 2. The quantitative estimate of drug-likeness (QED) is 0.783. The number of benzene rings is 1. The molecule has 1 aromatic carbocycles. The Morgan fingerprint density at radius 2 is 1.85 bits per heavy atom. The molecule has 0 aliphatic carbocycles. The van der Waals surface area contributed by atoms with Crippen LogP contribution in [-0.4, -0.2) is 29.6 Å². The number of azo groups is 1. The summed E-state index contributed by atoms with van der Waals surface area (Å²) >= 11 is 0. The Morgan fingerprint density at radius 3 is 2.42 bits per heavy atom. The molecule has 2 N–H and O–H groups in total. The van der Waals surface area contributed by atoms with Crippen molar-refractivity contribution in [2.75, 3.05) is 4.72 Å². The maximum atomic E-state index is 12.3. The zero-order valence-electron chi connectivity index (χ0n) is 14.2. The largest absolute Gasteiger partial charge is 0.280 e. The maximum Gasteiger partial charge on any atom is 0.264 e. The minimum atomic E-state index is -3.78. The van der Waals surface area contributed by atoms with E-state index in [1.165, 1.54) is 24.5 Å². The van der Waals surface area contributed by atoms with E-state index in [1.54, 1.807) is 18.2 Å². The van der Waals surface area contributed by atoms with Gasteiger partial charge in [0, 0.05) is 12.4 Å². The molecule has 1 aromatic heterocycles. The summed E-state index contributed by atoms with van der Waals surface area (Å²) in [5, 5.41) is 12.5. The smallest absolute Gasteiger partial charge is 0.264 e. The van der Waals surface area contributed by atoms with Gasteiger partial charge in [0.1, 0.15) is 0 Å². The van der Waals surface area contributed by atoms with E-state index in [0.29, 0.717) is 11.4 Å². The summed E-state index contributed by atoms with van der Waals surface area (Å²) in [6, 6.07) is 7.59. The van der Waals surface area contributed by atoms with Crippen LogP contribution in [0, 0.1) is 0 Å². The fraction of sp³-hybridized carbons (Fsp3) is 0.188. The molecule has 0 saturated heterocycles. The van der Waals surface area contributed by atoms with Gasteiger partial charge >= 0.3 is 0 Å². The minimum absolute atomic E-state index is 0.00574. The van der Waals surface area contributed by atoms with Crippen molar-refractivity contribution in [2.45, 2.75) is 24.3 Å². The molecule has 10 heteroatoms. The Hall–Kier alpha value is -3.14. The Balaban J connectivity index is 1.77. The van der Waals surface area contributed by atoms with Crippen LogP contribution in [-0.2, 0) is 10.0 Å². The first-order valence-corrected chi connectivity index (χ1v) is 9.12. The Labute approximate surface area is 151 Å². The molecule has 0 saturated carbocycles. The standard InChI is InChI=1S/C16H17N7O2S/c1-11-16(3,12(2)20-19-11)23-21-13-5-7-14(8-6-13)26(24,25)22-15-17-9-4-10-18-15/h4-10,19H,1H2,2-3H3,(H,17,18,22)/b23-21+. The number of sulfonamides is 1. The fourth-order valence-electron chi connectivity index (χ4n) is 2.10. The number of hydrogen-bond acceptors (Lipinski definition) is 8. The monoisotopic (exact) mass is 371 g/mol. The third-order valence-corrected chi connectivity index (χ3v) is 5.30. The van der Waals surface area contributed by atoms with Crippen molar-refractivity contribution < 1.29 is 8.42 Å². The van der Waals surface area contributed by atoms with E-state index in [2.05, 4.69) is 42.0 Å². The zero-order chi connectivity index (χ0) is 18.8.